The Bertz CT molecular complexity index is 745. The SMILES string of the molecule is Cn1ccsc1=NC(=O)C1Cc2ccccc2C(=O)O1. The lowest BCUT2D eigenvalue weighted by Crippen LogP contribution is -2.34. The number of aromatic nitrogens is 1. The van der Waals surface area contributed by atoms with Crippen LogP contribution in [-0.2, 0) is 23.0 Å². The fourth-order valence-electron chi connectivity index (χ4n) is 2.07. The van der Waals surface area contributed by atoms with E-state index in [9.17, 15) is 9.59 Å². The summed E-state index contributed by atoms with van der Waals surface area (Å²) in [5.74, 6) is -0.887. The number of esters is 1. The fourth-order valence-corrected chi connectivity index (χ4v) is 2.81. The number of aryl methyl sites for hydroxylation is 1. The smallest absolute Gasteiger partial charge is 0.339 e. The fraction of sp³-hybridized carbons (Fsp3) is 0.214. The summed E-state index contributed by atoms with van der Waals surface area (Å²) in [5, 5.41) is 1.84. The maximum absolute atomic E-state index is 12.1. The van der Waals surface area contributed by atoms with Crippen LogP contribution in [0.3, 0.4) is 0 Å². The number of cyclic esters (lactones) is 1. The predicted octanol–water partition coefficient (Wildman–Crippen LogP) is 1.30. The molecule has 1 atom stereocenters. The third kappa shape index (κ3) is 2.30. The lowest BCUT2D eigenvalue weighted by atomic mass is 9.98. The summed E-state index contributed by atoms with van der Waals surface area (Å²) < 4.78 is 6.93. The predicted molar refractivity (Wildman–Crippen MR) is 73.2 cm³/mol. The maximum Gasteiger partial charge on any atom is 0.339 e. The van der Waals surface area contributed by atoms with E-state index in [2.05, 4.69) is 4.99 Å². The van der Waals surface area contributed by atoms with E-state index in [1.807, 2.05) is 30.8 Å². The van der Waals surface area contributed by atoms with Crippen molar-refractivity contribution in [1.29, 1.82) is 0 Å². The molecule has 2 heterocycles. The van der Waals surface area contributed by atoms with Crippen molar-refractivity contribution in [3.8, 4) is 0 Å². The summed E-state index contributed by atoms with van der Waals surface area (Å²) in [6, 6.07) is 7.16. The van der Waals surface area contributed by atoms with Crippen molar-refractivity contribution in [1.82, 2.24) is 4.57 Å². The third-order valence-electron chi connectivity index (χ3n) is 3.13. The normalized spacial score (nSPS) is 18.6. The maximum atomic E-state index is 12.1. The number of rotatable bonds is 1. The lowest BCUT2D eigenvalue weighted by Gasteiger charge is -2.21. The Morgan fingerprint density at radius 3 is 3.00 bits per heavy atom. The first-order valence-electron chi connectivity index (χ1n) is 6.13. The van der Waals surface area contributed by atoms with Crippen LogP contribution in [-0.4, -0.2) is 22.5 Å². The molecule has 1 unspecified atom stereocenters. The molecule has 0 radical (unpaired) electrons. The summed E-state index contributed by atoms with van der Waals surface area (Å²) >= 11 is 1.36. The monoisotopic (exact) mass is 288 g/mol. The number of nitrogens with zero attached hydrogens (tertiary/aromatic N) is 2. The molecule has 0 aliphatic carbocycles. The second-order valence-electron chi connectivity index (χ2n) is 4.50. The number of thiazole rings is 1. The van der Waals surface area contributed by atoms with Gasteiger partial charge in [-0.25, -0.2) is 4.79 Å². The van der Waals surface area contributed by atoms with Gasteiger partial charge in [-0.05, 0) is 11.6 Å². The number of fused-ring (bicyclic) bond motifs is 1. The average molecular weight is 288 g/mol. The molecule has 0 bridgehead atoms. The van der Waals surface area contributed by atoms with Gasteiger partial charge in [0.05, 0.1) is 5.56 Å². The molecule has 3 rings (SSSR count). The molecule has 1 amide bonds. The van der Waals surface area contributed by atoms with Gasteiger partial charge >= 0.3 is 5.97 Å². The lowest BCUT2D eigenvalue weighted by molar-refractivity contribution is -0.127. The molecule has 0 fully saturated rings. The average Bonchev–Trinajstić information content (AvgIpc) is 2.84. The van der Waals surface area contributed by atoms with Gasteiger partial charge in [-0.3, -0.25) is 4.79 Å². The van der Waals surface area contributed by atoms with Crippen molar-refractivity contribution in [2.75, 3.05) is 0 Å². The van der Waals surface area contributed by atoms with Crippen molar-refractivity contribution in [2.24, 2.45) is 12.0 Å². The first kappa shape index (κ1) is 12.8. The quantitative estimate of drug-likeness (QED) is 0.743. The van der Waals surface area contributed by atoms with Gasteiger partial charge in [0.1, 0.15) is 0 Å². The zero-order valence-corrected chi connectivity index (χ0v) is 11.6. The van der Waals surface area contributed by atoms with Crippen LogP contribution in [0.2, 0.25) is 0 Å². The van der Waals surface area contributed by atoms with Gasteiger partial charge in [-0.1, -0.05) is 18.2 Å². The van der Waals surface area contributed by atoms with Crippen LogP contribution in [0.25, 0.3) is 0 Å². The Morgan fingerprint density at radius 1 is 1.45 bits per heavy atom. The van der Waals surface area contributed by atoms with E-state index in [1.165, 1.54) is 11.3 Å². The molecule has 1 aromatic carbocycles. The van der Waals surface area contributed by atoms with Crippen LogP contribution in [0, 0.1) is 0 Å². The summed E-state index contributed by atoms with van der Waals surface area (Å²) in [6.45, 7) is 0. The summed E-state index contributed by atoms with van der Waals surface area (Å²) in [6.07, 6.45) is 1.36. The molecule has 0 spiro atoms. The number of ether oxygens (including phenoxy) is 1. The topological polar surface area (TPSA) is 60.7 Å². The Morgan fingerprint density at radius 2 is 2.25 bits per heavy atom. The molecule has 0 N–H and O–H groups in total. The van der Waals surface area contributed by atoms with Crippen molar-refractivity contribution >= 4 is 23.2 Å². The summed E-state index contributed by atoms with van der Waals surface area (Å²) in [7, 11) is 1.81. The molecule has 0 saturated heterocycles. The Labute approximate surface area is 119 Å². The van der Waals surface area contributed by atoms with Crippen LogP contribution in [0.15, 0.2) is 40.8 Å². The highest BCUT2D eigenvalue weighted by atomic mass is 32.1. The van der Waals surface area contributed by atoms with Gasteiger partial charge in [0.25, 0.3) is 5.91 Å². The van der Waals surface area contributed by atoms with E-state index in [4.69, 9.17) is 4.74 Å². The second-order valence-corrected chi connectivity index (χ2v) is 5.37. The zero-order chi connectivity index (χ0) is 14.1. The molecular formula is C14H12N2O3S. The molecule has 1 aromatic heterocycles. The summed E-state index contributed by atoms with van der Waals surface area (Å²) in [4.78, 5) is 28.6. The van der Waals surface area contributed by atoms with Crippen molar-refractivity contribution in [3.05, 3.63) is 51.8 Å². The number of carbonyl (C=O) groups excluding carboxylic acids is 2. The number of hydrogen-bond acceptors (Lipinski definition) is 4. The highest BCUT2D eigenvalue weighted by molar-refractivity contribution is 7.07. The van der Waals surface area contributed by atoms with E-state index in [0.717, 1.165) is 5.56 Å². The molecule has 0 saturated carbocycles. The van der Waals surface area contributed by atoms with Gasteiger partial charge in [-0.15, -0.1) is 11.3 Å². The van der Waals surface area contributed by atoms with Crippen molar-refractivity contribution in [2.45, 2.75) is 12.5 Å². The molecule has 5 nitrogen and oxygen atoms in total. The third-order valence-corrected chi connectivity index (χ3v) is 3.98. The number of benzene rings is 1. The first-order valence-corrected chi connectivity index (χ1v) is 7.00. The Kier molecular flexibility index (Phi) is 3.23. The molecule has 20 heavy (non-hydrogen) atoms. The van der Waals surface area contributed by atoms with Gasteiger partial charge < -0.3 is 9.30 Å². The van der Waals surface area contributed by atoms with Crippen LogP contribution in [0.4, 0.5) is 0 Å². The summed E-state index contributed by atoms with van der Waals surface area (Å²) in [5.41, 5.74) is 1.35. The number of amides is 1. The van der Waals surface area contributed by atoms with Crippen molar-refractivity contribution in [3.63, 3.8) is 0 Å². The molecule has 1 aliphatic heterocycles. The van der Waals surface area contributed by atoms with Gasteiger partial charge in [-0.2, -0.15) is 4.99 Å². The van der Waals surface area contributed by atoms with E-state index >= 15 is 0 Å². The first-order chi connectivity index (χ1) is 9.65. The molecule has 2 aromatic rings. The minimum absolute atomic E-state index is 0.374. The van der Waals surface area contributed by atoms with Gasteiger partial charge in [0.2, 0.25) is 0 Å². The highest BCUT2D eigenvalue weighted by Crippen LogP contribution is 2.20. The molecule has 102 valence electrons. The van der Waals surface area contributed by atoms with Gasteiger partial charge in [0, 0.05) is 25.0 Å². The van der Waals surface area contributed by atoms with E-state index < -0.39 is 18.0 Å². The van der Waals surface area contributed by atoms with E-state index in [1.54, 1.807) is 16.7 Å². The molecule has 6 heteroatoms. The van der Waals surface area contributed by atoms with Crippen LogP contribution in [0.1, 0.15) is 15.9 Å². The minimum atomic E-state index is -0.834. The van der Waals surface area contributed by atoms with Crippen LogP contribution in [0.5, 0.6) is 0 Å². The zero-order valence-electron chi connectivity index (χ0n) is 10.8. The highest BCUT2D eigenvalue weighted by Gasteiger charge is 2.30. The van der Waals surface area contributed by atoms with Crippen molar-refractivity contribution < 1.29 is 14.3 Å². The Balaban J connectivity index is 1.89. The standard InChI is InChI=1S/C14H12N2O3S/c1-16-6-7-20-14(16)15-12(17)11-8-9-4-2-3-5-10(9)13(18)19-11/h2-7,11H,8H2,1H3. The second kappa shape index (κ2) is 5.05. The van der Waals surface area contributed by atoms with E-state index in [-0.39, 0.29) is 0 Å². The molecular weight excluding hydrogens is 276 g/mol. The van der Waals surface area contributed by atoms with Crippen LogP contribution < -0.4 is 4.80 Å². The van der Waals surface area contributed by atoms with E-state index in [0.29, 0.717) is 16.8 Å². The largest absolute Gasteiger partial charge is 0.448 e. The molecule has 1 aliphatic rings. The van der Waals surface area contributed by atoms with Gasteiger partial charge in [0.15, 0.2) is 10.9 Å². The number of hydrogen-bond donors (Lipinski definition) is 0. The number of carbonyl (C=O) groups is 2. The minimum Gasteiger partial charge on any atom is -0.448 e. The Hall–Kier alpha value is -2.21. The van der Waals surface area contributed by atoms with Crippen LogP contribution >= 0.6 is 11.3 Å².